The molecule has 5 nitrogen and oxygen atoms in total. The summed E-state index contributed by atoms with van der Waals surface area (Å²) in [6.45, 7) is 4.20. The van der Waals surface area contributed by atoms with Crippen molar-refractivity contribution in [3.8, 4) is 11.5 Å². The summed E-state index contributed by atoms with van der Waals surface area (Å²) in [5.41, 5.74) is 2.79. The van der Waals surface area contributed by atoms with Crippen LogP contribution in [0.3, 0.4) is 0 Å². The summed E-state index contributed by atoms with van der Waals surface area (Å²) >= 11 is 0. The van der Waals surface area contributed by atoms with Crippen LogP contribution in [0.4, 0.5) is 0 Å². The average molecular weight is 430 g/mol. The molecule has 0 radical (unpaired) electrons. The first kappa shape index (κ1) is 23.2. The minimum atomic E-state index is 0.256. The van der Waals surface area contributed by atoms with Crippen LogP contribution in [0, 0.1) is 0 Å². The number of rotatable bonds is 12. The number of hydrogen-bond donors (Lipinski definition) is 2. The smallest absolute Gasteiger partial charge is 0.124 e. The predicted octanol–water partition coefficient (Wildman–Crippen LogP) is 4.92. The van der Waals surface area contributed by atoms with Crippen LogP contribution in [0.25, 0.3) is 0 Å². The molecule has 32 heavy (non-hydrogen) atoms. The Morgan fingerprint density at radius 1 is 0.625 bits per heavy atom. The fraction of sp³-hybridized carbons (Fsp3) is 0.259. The Bertz CT molecular complexity index is 941. The third-order valence-electron chi connectivity index (χ3n) is 5.11. The maximum absolute atomic E-state index is 9.82. The predicted molar refractivity (Wildman–Crippen MR) is 132 cm³/mol. The number of phenolic OH excluding ortho intramolecular Hbond substituents is 2. The first-order valence-corrected chi connectivity index (χ1v) is 11.0. The first-order valence-electron chi connectivity index (χ1n) is 11.0. The summed E-state index contributed by atoms with van der Waals surface area (Å²) in [5, 5.41) is 19.6. The maximum Gasteiger partial charge on any atom is 0.124 e. The normalized spacial score (nSPS) is 11.7. The van der Waals surface area contributed by atoms with Crippen molar-refractivity contribution < 1.29 is 10.2 Å². The van der Waals surface area contributed by atoms with Gasteiger partial charge in [-0.2, -0.15) is 0 Å². The second-order valence-electron chi connectivity index (χ2n) is 7.66. The Kier molecular flexibility index (Phi) is 9.49. The minimum absolute atomic E-state index is 0.256. The summed E-state index contributed by atoms with van der Waals surface area (Å²) in [6.07, 6.45) is 5.37. The summed E-state index contributed by atoms with van der Waals surface area (Å²) in [5.74, 6) is 0.512. The third-order valence-corrected chi connectivity index (χ3v) is 5.11. The van der Waals surface area contributed by atoms with Crippen LogP contribution in [-0.2, 0) is 6.54 Å². The van der Waals surface area contributed by atoms with E-state index < -0.39 is 0 Å². The standard InChI is InChI=1S/C27H31N3O2/c31-26-14-6-4-12-24(26)20-28-16-8-18-30(22-23-10-2-1-3-11-23)19-9-17-29-21-25-13-5-7-15-27(25)32/h1-7,10-15,20-21,31-32H,8-9,16-19,22H2. The van der Waals surface area contributed by atoms with E-state index in [4.69, 9.17) is 0 Å². The summed E-state index contributed by atoms with van der Waals surface area (Å²) in [4.78, 5) is 11.4. The highest BCUT2D eigenvalue weighted by atomic mass is 16.3. The molecule has 3 rings (SSSR count). The quantitative estimate of drug-likeness (QED) is 0.317. The van der Waals surface area contributed by atoms with Gasteiger partial charge in [0.15, 0.2) is 0 Å². The van der Waals surface area contributed by atoms with Crippen LogP contribution >= 0.6 is 0 Å². The van der Waals surface area contributed by atoms with Crippen molar-refractivity contribution >= 4 is 12.4 Å². The Morgan fingerprint density at radius 3 is 1.59 bits per heavy atom. The Labute approximate surface area is 190 Å². The highest BCUT2D eigenvalue weighted by Crippen LogP contribution is 2.14. The molecule has 0 saturated heterocycles. The van der Waals surface area contributed by atoms with E-state index >= 15 is 0 Å². The SMILES string of the molecule is Oc1ccccc1C=NCCCN(CCCN=Cc1ccccc1O)Cc1ccccc1. The van der Waals surface area contributed by atoms with Gasteiger partial charge in [0.1, 0.15) is 11.5 Å². The molecule has 0 saturated carbocycles. The zero-order chi connectivity index (χ0) is 22.4. The van der Waals surface area contributed by atoms with Gasteiger partial charge in [-0.05, 0) is 42.7 Å². The van der Waals surface area contributed by atoms with Crippen molar-refractivity contribution in [2.45, 2.75) is 19.4 Å². The summed E-state index contributed by atoms with van der Waals surface area (Å²) < 4.78 is 0. The number of nitrogens with zero attached hydrogens (tertiary/aromatic N) is 3. The largest absolute Gasteiger partial charge is 0.507 e. The molecule has 3 aromatic carbocycles. The molecular weight excluding hydrogens is 398 g/mol. The summed E-state index contributed by atoms with van der Waals surface area (Å²) in [6, 6.07) is 24.9. The van der Waals surface area contributed by atoms with Crippen LogP contribution in [0.2, 0.25) is 0 Å². The number of benzene rings is 3. The van der Waals surface area contributed by atoms with E-state index in [1.54, 1.807) is 36.7 Å². The molecule has 0 aromatic heterocycles. The lowest BCUT2D eigenvalue weighted by molar-refractivity contribution is 0.262. The number of aromatic hydroxyl groups is 2. The van der Waals surface area contributed by atoms with Gasteiger partial charge in [-0.25, -0.2) is 0 Å². The van der Waals surface area contributed by atoms with Crippen molar-refractivity contribution in [1.82, 2.24) is 4.90 Å². The zero-order valence-electron chi connectivity index (χ0n) is 18.3. The summed E-state index contributed by atoms with van der Waals surface area (Å²) in [7, 11) is 0. The van der Waals surface area contributed by atoms with E-state index in [9.17, 15) is 10.2 Å². The molecule has 166 valence electrons. The second kappa shape index (κ2) is 13.1. The first-order chi connectivity index (χ1) is 15.7. The number of phenols is 2. The van der Waals surface area contributed by atoms with Crippen LogP contribution in [0.5, 0.6) is 11.5 Å². The van der Waals surface area contributed by atoms with Crippen molar-refractivity contribution in [3.63, 3.8) is 0 Å². The lowest BCUT2D eigenvalue weighted by Crippen LogP contribution is -2.26. The molecule has 0 fully saturated rings. The highest BCUT2D eigenvalue weighted by molar-refractivity contribution is 5.83. The fourth-order valence-electron chi connectivity index (χ4n) is 3.40. The van der Waals surface area contributed by atoms with E-state index in [1.807, 2.05) is 30.3 Å². The van der Waals surface area contributed by atoms with Gasteiger partial charge in [0, 0.05) is 56.3 Å². The van der Waals surface area contributed by atoms with Gasteiger partial charge < -0.3 is 10.2 Å². The molecule has 3 aromatic rings. The molecule has 0 unspecified atom stereocenters. The second-order valence-corrected chi connectivity index (χ2v) is 7.66. The minimum Gasteiger partial charge on any atom is -0.507 e. The molecule has 0 heterocycles. The molecule has 0 bridgehead atoms. The van der Waals surface area contributed by atoms with E-state index in [0.717, 1.165) is 43.6 Å². The van der Waals surface area contributed by atoms with Gasteiger partial charge >= 0.3 is 0 Å². The monoisotopic (exact) mass is 429 g/mol. The molecule has 0 aliphatic rings. The Hall–Kier alpha value is -3.44. The van der Waals surface area contributed by atoms with Crippen LogP contribution in [0.15, 0.2) is 88.8 Å². The van der Waals surface area contributed by atoms with Gasteiger partial charge in [-0.15, -0.1) is 0 Å². The Morgan fingerprint density at radius 2 is 1.09 bits per heavy atom. The van der Waals surface area contributed by atoms with E-state index in [0.29, 0.717) is 13.1 Å². The van der Waals surface area contributed by atoms with Crippen molar-refractivity contribution in [2.24, 2.45) is 9.98 Å². The number of aliphatic imine (C=N–C) groups is 2. The highest BCUT2D eigenvalue weighted by Gasteiger charge is 2.06. The maximum atomic E-state index is 9.82. The molecule has 0 atom stereocenters. The van der Waals surface area contributed by atoms with Gasteiger partial charge in [0.05, 0.1) is 0 Å². The lowest BCUT2D eigenvalue weighted by atomic mass is 10.2. The molecule has 5 heteroatoms. The molecule has 0 amide bonds. The zero-order valence-corrected chi connectivity index (χ0v) is 18.3. The number of hydrogen-bond acceptors (Lipinski definition) is 5. The van der Waals surface area contributed by atoms with Crippen molar-refractivity contribution in [3.05, 3.63) is 95.6 Å². The lowest BCUT2D eigenvalue weighted by Gasteiger charge is -2.21. The molecular formula is C27H31N3O2. The number of para-hydroxylation sites is 2. The van der Waals surface area contributed by atoms with Gasteiger partial charge in [0.25, 0.3) is 0 Å². The topological polar surface area (TPSA) is 68.4 Å². The third kappa shape index (κ3) is 8.00. The van der Waals surface area contributed by atoms with Gasteiger partial charge in [0.2, 0.25) is 0 Å². The van der Waals surface area contributed by atoms with Gasteiger partial charge in [-0.1, -0.05) is 54.6 Å². The molecule has 2 N–H and O–H groups in total. The molecule has 0 spiro atoms. The van der Waals surface area contributed by atoms with Crippen LogP contribution in [-0.4, -0.2) is 53.7 Å². The molecule has 0 aliphatic heterocycles. The molecule has 0 aliphatic carbocycles. The average Bonchev–Trinajstić information content (AvgIpc) is 2.81. The van der Waals surface area contributed by atoms with E-state index in [-0.39, 0.29) is 11.5 Å². The van der Waals surface area contributed by atoms with E-state index in [2.05, 4.69) is 39.2 Å². The Balaban J connectivity index is 1.47. The van der Waals surface area contributed by atoms with Gasteiger partial charge in [-0.3, -0.25) is 14.9 Å². The van der Waals surface area contributed by atoms with Crippen LogP contribution in [0.1, 0.15) is 29.5 Å². The van der Waals surface area contributed by atoms with Crippen molar-refractivity contribution in [2.75, 3.05) is 26.2 Å². The van der Waals surface area contributed by atoms with Crippen LogP contribution < -0.4 is 0 Å². The van der Waals surface area contributed by atoms with E-state index in [1.165, 1.54) is 5.56 Å². The van der Waals surface area contributed by atoms with Crippen molar-refractivity contribution in [1.29, 1.82) is 0 Å². The fourth-order valence-corrected chi connectivity index (χ4v) is 3.40.